The van der Waals surface area contributed by atoms with Gasteiger partial charge in [-0.1, -0.05) is 41.7 Å². The Bertz CT molecular complexity index is 1260. The maximum Gasteiger partial charge on any atom is 0.416 e. The number of halogens is 3. The van der Waals surface area contributed by atoms with Gasteiger partial charge < -0.3 is 9.15 Å². The average molecular weight is 416 g/mol. The van der Waals surface area contributed by atoms with Crippen LogP contribution in [0.1, 0.15) is 15.9 Å². The minimum absolute atomic E-state index is 0.0933. The lowest BCUT2D eigenvalue weighted by Crippen LogP contribution is -2.08. The molecule has 0 aliphatic heterocycles. The first-order valence-corrected chi connectivity index (χ1v) is 9.15. The molecule has 0 aliphatic rings. The first-order valence-electron chi connectivity index (χ1n) is 8.34. The Labute approximate surface area is 165 Å². The number of carbonyl (C=O) groups is 1. The normalized spacial score (nSPS) is 11.6. The summed E-state index contributed by atoms with van der Waals surface area (Å²) in [6.45, 7) is 0. The molecule has 0 aliphatic carbocycles. The molecule has 4 rings (SSSR count). The zero-order valence-corrected chi connectivity index (χ0v) is 15.3. The van der Waals surface area contributed by atoms with Crippen LogP contribution in [-0.2, 0) is 6.18 Å². The van der Waals surface area contributed by atoms with E-state index in [1.54, 1.807) is 30.3 Å². The van der Waals surface area contributed by atoms with Crippen molar-refractivity contribution < 1.29 is 27.1 Å². The second kappa shape index (κ2) is 7.21. The molecular formula is C21H11F3O4S. The molecule has 0 saturated carbocycles. The summed E-state index contributed by atoms with van der Waals surface area (Å²) >= 11 is 0.772. The number of hydrogen-bond acceptors (Lipinski definition) is 5. The van der Waals surface area contributed by atoms with Crippen LogP contribution >= 0.6 is 11.3 Å². The first kappa shape index (κ1) is 18.9. The number of ether oxygens (including phenoxy) is 1. The Hall–Kier alpha value is -3.39. The maximum atomic E-state index is 13.1. The van der Waals surface area contributed by atoms with Gasteiger partial charge in [-0.15, -0.1) is 0 Å². The highest BCUT2D eigenvalue weighted by atomic mass is 32.1. The molecule has 4 aromatic rings. The minimum Gasteiger partial charge on any atom is -0.423 e. The Balaban J connectivity index is 1.82. The van der Waals surface area contributed by atoms with E-state index in [1.165, 1.54) is 24.3 Å². The van der Waals surface area contributed by atoms with E-state index in [4.69, 9.17) is 9.15 Å². The number of benzene rings is 3. The van der Waals surface area contributed by atoms with Gasteiger partial charge in [0.2, 0.25) is 0 Å². The van der Waals surface area contributed by atoms with Crippen LogP contribution < -0.4 is 9.68 Å². The predicted octanol–water partition coefficient (Wildman–Crippen LogP) is 5.76. The van der Waals surface area contributed by atoms with Crippen molar-refractivity contribution in [3.63, 3.8) is 0 Å². The Morgan fingerprint density at radius 3 is 2.45 bits per heavy atom. The van der Waals surface area contributed by atoms with Gasteiger partial charge in [0.25, 0.3) is 0 Å². The zero-order chi connectivity index (χ0) is 20.6. The molecule has 3 aromatic carbocycles. The molecule has 0 fully saturated rings. The fraction of sp³-hybridized carbons (Fsp3) is 0.0476. The standard InChI is InChI=1S/C21H11F3O4S/c22-21(23,24)14-8-4-7-13(9-14)16-10-15(11-17-18(16)28-20(26)29-17)27-19(25)12-5-2-1-3-6-12/h1-11H. The quantitative estimate of drug-likeness (QED) is 0.315. The van der Waals surface area contributed by atoms with Crippen LogP contribution in [0.2, 0.25) is 0 Å². The lowest BCUT2D eigenvalue weighted by atomic mass is 10.0. The molecule has 8 heteroatoms. The smallest absolute Gasteiger partial charge is 0.416 e. The summed E-state index contributed by atoms with van der Waals surface area (Å²) in [7, 11) is 0. The van der Waals surface area contributed by atoms with E-state index >= 15 is 0 Å². The van der Waals surface area contributed by atoms with E-state index < -0.39 is 22.6 Å². The van der Waals surface area contributed by atoms with Crippen LogP contribution in [0.3, 0.4) is 0 Å². The zero-order valence-electron chi connectivity index (χ0n) is 14.5. The molecule has 0 amide bonds. The molecule has 29 heavy (non-hydrogen) atoms. The lowest BCUT2D eigenvalue weighted by molar-refractivity contribution is -0.137. The number of rotatable bonds is 3. The lowest BCUT2D eigenvalue weighted by Gasteiger charge is -2.11. The molecular weight excluding hydrogens is 405 g/mol. The highest BCUT2D eigenvalue weighted by Gasteiger charge is 2.30. The number of hydrogen-bond donors (Lipinski definition) is 0. The van der Waals surface area contributed by atoms with E-state index in [-0.39, 0.29) is 22.5 Å². The van der Waals surface area contributed by atoms with Crippen LogP contribution in [0, 0.1) is 0 Å². The molecule has 0 spiro atoms. The first-order chi connectivity index (χ1) is 13.8. The van der Waals surface area contributed by atoms with E-state index in [0.29, 0.717) is 10.3 Å². The van der Waals surface area contributed by atoms with Crippen LogP contribution in [0.15, 0.2) is 75.9 Å². The van der Waals surface area contributed by atoms with Crippen molar-refractivity contribution in [3.05, 3.63) is 87.6 Å². The predicted molar refractivity (Wildman–Crippen MR) is 102 cm³/mol. The van der Waals surface area contributed by atoms with Gasteiger partial charge in [0.15, 0.2) is 5.58 Å². The summed E-state index contributed by atoms with van der Waals surface area (Å²) < 4.78 is 50.2. The summed E-state index contributed by atoms with van der Waals surface area (Å²) in [5.41, 5.74) is 0.0200. The van der Waals surface area contributed by atoms with E-state index in [1.807, 2.05) is 0 Å². The fourth-order valence-electron chi connectivity index (χ4n) is 2.83. The van der Waals surface area contributed by atoms with Crippen molar-refractivity contribution in [1.29, 1.82) is 0 Å². The summed E-state index contributed by atoms with van der Waals surface area (Å²) in [4.78, 5) is 23.4. The van der Waals surface area contributed by atoms with Gasteiger partial charge in [-0.05, 0) is 35.9 Å². The second-order valence-corrected chi connectivity index (χ2v) is 7.06. The molecule has 0 atom stereocenters. The number of alkyl halides is 3. The van der Waals surface area contributed by atoms with Gasteiger partial charge in [0.1, 0.15) is 5.75 Å². The number of fused-ring (bicyclic) bond motifs is 1. The highest BCUT2D eigenvalue weighted by Crippen LogP contribution is 2.37. The molecule has 0 saturated heterocycles. The van der Waals surface area contributed by atoms with Crippen molar-refractivity contribution in [1.82, 2.24) is 0 Å². The Kier molecular flexibility index (Phi) is 4.71. The summed E-state index contributed by atoms with van der Waals surface area (Å²) in [5.74, 6) is -0.536. The summed E-state index contributed by atoms with van der Waals surface area (Å²) in [5, 5.41) is 0. The third-order valence-corrected chi connectivity index (χ3v) is 4.90. The molecule has 0 N–H and O–H groups in total. The van der Waals surface area contributed by atoms with Gasteiger partial charge in [-0.2, -0.15) is 13.2 Å². The third kappa shape index (κ3) is 3.93. The van der Waals surface area contributed by atoms with Crippen molar-refractivity contribution in [2.45, 2.75) is 6.18 Å². The molecule has 1 heterocycles. The van der Waals surface area contributed by atoms with E-state index in [9.17, 15) is 22.8 Å². The molecule has 0 bridgehead atoms. The topological polar surface area (TPSA) is 56.5 Å². The van der Waals surface area contributed by atoms with Gasteiger partial charge in [0.05, 0.1) is 15.8 Å². The summed E-state index contributed by atoms with van der Waals surface area (Å²) in [6, 6.07) is 15.7. The van der Waals surface area contributed by atoms with Gasteiger partial charge in [0, 0.05) is 11.6 Å². The van der Waals surface area contributed by atoms with Gasteiger partial charge in [-0.3, -0.25) is 0 Å². The van der Waals surface area contributed by atoms with Crippen LogP contribution in [0.5, 0.6) is 5.75 Å². The monoisotopic (exact) mass is 416 g/mol. The van der Waals surface area contributed by atoms with E-state index in [0.717, 1.165) is 23.5 Å². The molecule has 0 radical (unpaired) electrons. The Morgan fingerprint density at radius 2 is 1.72 bits per heavy atom. The third-order valence-electron chi connectivity index (χ3n) is 4.13. The number of carbonyl (C=O) groups excluding carboxylic acids is 1. The highest BCUT2D eigenvalue weighted by molar-refractivity contribution is 7.16. The van der Waals surface area contributed by atoms with Gasteiger partial charge >= 0.3 is 17.1 Å². The Morgan fingerprint density at radius 1 is 0.966 bits per heavy atom. The van der Waals surface area contributed by atoms with Crippen molar-refractivity contribution >= 4 is 27.6 Å². The van der Waals surface area contributed by atoms with E-state index in [2.05, 4.69) is 0 Å². The van der Waals surface area contributed by atoms with Crippen molar-refractivity contribution in [2.75, 3.05) is 0 Å². The maximum absolute atomic E-state index is 13.1. The molecule has 4 nitrogen and oxygen atoms in total. The average Bonchev–Trinajstić information content (AvgIpc) is 3.07. The molecule has 1 aromatic heterocycles. The van der Waals surface area contributed by atoms with Crippen molar-refractivity contribution in [3.8, 4) is 16.9 Å². The number of esters is 1. The largest absolute Gasteiger partial charge is 0.423 e. The van der Waals surface area contributed by atoms with Crippen molar-refractivity contribution in [2.24, 2.45) is 0 Å². The SMILES string of the molecule is O=C(Oc1cc(-c2cccc(C(F)(F)F)c2)c2oc(=O)sc2c1)c1ccccc1. The fourth-order valence-corrected chi connectivity index (χ4v) is 3.55. The van der Waals surface area contributed by atoms with Crippen LogP contribution in [0.25, 0.3) is 21.4 Å². The molecule has 0 unspecified atom stereocenters. The van der Waals surface area contributed by atoms with Crippen LogP contribution in [0.4, 0.5) is 13.2 Å². The minimum atomic E-state index is -4.53. The van der Waals surface area contributed by atoms with Crippen LogP contribution in [-0.4, -0.2) is 5.97 Å². The molecule has 146 valence electrons. The summed E-state index contributed by atoms with van der Waals surface area (Å²) in [6.07, 6.45) is -4.53. The van der Waals surface area contributed by atoms with Gasteiger partial charge in [-0.25, -0.2) is 9.59 Å². The second-order valence-electron chi connectivity index (χ2n) is 6.09.